The zero-order chi connectivity index (χ0) is 16.2. The van der Waals surface area contributed by atoms with Crippen LogP contribution in [0.5, 0.6) is 5.75 Å². The number of halogens is 3. The van der Waals surface area contributed by atoms with E-state index in [0.29, 0.717) is 17.9 Å². The molecule has 3 rings (SSSR count). The van der Waals surface area contributed by atoms with Crippen LogP contribution in [0.25, 0.3) is 5.69 Å². The van der Waals surface area contributed by atoms with Crippen molar-refractivity contribution in [3.05, 3.63) is 60.3 Å². The van der Waals surface area contributed by atoms with Crippen LogP contribution in [0.3, 0.4) is 0 Å². The van der Waals surface area contributed by atoms with Crippen LogP contribution in [0.1, 0.15) is 5.69 Å². The Morgan fingerprint density at radius 3 is 2.87 bits per heavy atom. The first kappa shape index (κ1) is 15.1. The lowest BCUT2D eigenvalue weighted by Crippen LogP contribution is -2.18. The van der Waals surface area contributed by atoms with Crippen molar-refractivity contribution in [1.82, 2.24) is 19.9 Å². The Hall–Kier alpha value is -2.77. The molecule has 0 fully saturated rings. The average Bonchev–Trinajstić information content (AvgIpc) is 2.98. The van der Waals surface area contributed by atoms with Crippen molar-refractivity contribution in [2.75, 3.05) is 6.54 Å². The molecule has 0 amide bonds. The normalized spacial score (nSPS) is 13.8. The van der Waals surface area contributed by atoms with E-state index in [2.05, 4.69) is 15.0 Å². The lowest BCUT2D eigenvalue weighted by molar-refractivity contribution is -0.0521. The minimum absolute atomic E-state index is 0.384. The molecular formula is C15H13F3N4O. The maximum Gasteiger partial charge on any atom is 0.387 e. The highest BCUT2D eigenvalue weighted by molar-refractivity contribution is 5.39. The lowest BCUT2D eigenvalue weighted by atomic mass is 10.3. The fourth-order valence-corrected chi connectivity index (χ4v) is 2.15. The zero-order valence-corrected chi connectivity index (χ0v) is 11.9. The monoisotopic (exact) mass is 322 g/mol. The molecule has 2 heterocycles. The summed E-state index contributed by atoms with van der Waals surface area (Å²) in [6.45, 7) is -1.76. The molecule has 0 saturated heterocycles. The summed E-state index contributed by atoms with van der Waals surface area (Å²) < 4.78 is 43.5. The quantitative estimate of drug-likeness (QED) is 0.849. The molecule has 2 aromatic rings. The molecule has 0 radical (unpaired) electrons. The maximum atomic E-state index is 13.4. The van der Waals surface area contributed by atoms with E-state index in [0.717, 1.165) is 18.7 Å². The van der Waals surface area contributed by atoms with Gasteiger partial charge in [-0.1, -0.05) is 17.4 Å². The van der Waals surface area contributed by atoms with Gasteiger partial charge in [0.25, 0.3) is 0 Å². The highest BCUT2D eigenvalue weighted by Gasteiger charge is 2.13. The predicted octanol–water partition coefficient (Wildman–Crippen LogP) is 2.89. The molecule has 1 aromatic heterocycles. The third kappa shape index (κ3) is 3.71. The van der Waals surface area contributed by atoms with Gasteiger partial charge in [0.05, 0.1) is 18.4 Å². The van der Waals surface area contributed by atoms with E-state index in [9.17, 15) is 13.2 Å². The minimum atomic E-state index is -3.09. The summed E-state index contributed by atoms with van der Waals surface area (Å²) in [7, 11) is 0. The number of nitrogens with zero attached hydrogens (tertiary/aromatic N) is 4. The Morgan fingerprint density at radius 1 is 1.26 bits per heavy atom. The van der Waals surface area contributed by atoms with Crippen LogP contribution < -0.4 is 4.74 Å². The van der Waals surface area contributed by atoms with Crippen LogP contribution in [0.15, 0.2) is 48.8 Å². The molecule has 5 nitrogen and oxygen atoms in total. The van der Waals surface area contributed by atoms with Crippen LogP contribution in [-0.2, 0) is 6.54 Å². The van der Waals surface area contributed by atoms with Gasteiger partial charge in [-0.05, 0) is 24.4 Å². The highest BCUT2D eigenvalue weighted by Crippen LogP contribution is 2.22. The molecule has 1 aliphatic rings. The molecular weight excluding hydrogens is 309 g/mol. The molecule has 23 heavy (non-hydrogen) atoms. The predicted molar refractivity (Wildman–Crippen MR) is 76.6 cm³/mol. The lowest BCUT2D eigenvalue weighted by Gasteiger charge is -2.18. The summed E-state index contributed by atoms with van der Waals surface area (Å²) in [5.74, 6) is -1.39. The maximum absolute atomic E-state index is 13.4. The van der Waals surface area contributed by atoms with Crippen molar-refractivity contribution in [2.24, 2.45) is 0 Å². The third-order valence-electron chi connectivity index (χ3n) is 3.19. The molecule has 1 aliphatic heterocycles. The first-order valence-electron chi connectivity index (χ1n) is 6.85. The van der Waals surface area contributed by atoms with E-state index in [4.69, 9.17) is 0 Å². The Morgan fingerprint density at radius 2 is 2.13 bits per heavy atom. The van der Waals surface area contributed by atoms with Gasteiger partial charge in [0, 0.05) is 12.6 Å². The summed E-state index contributed by atoms with van der Waals surface area (Å²) in [4.78, 5) is 2.03. The molecule has 0 atom stereocenters. The minimum Gasteiger partial charge on any atom is -0.432 e. The van der Waals surface area contributed by atoms with Crippen molar-refractivity contribution in [1.29, 1.82) is 0 Å². The van der Waals surface area contributed by atoms with E-state index < -0.39 is 18.2 Å². The number of benzene rings is 1. The Kier molecular flexibility index (Phi) is 4.31. The van der Waals surface area contributed by atoms with Gasteiger partial charge in [0.1, 0.15) is 5.69 Å². The standard InChI is InChI=1S/C15H13F3N4O/c16-13-5-4-12(8-14(13)23-15(17)18)22-10-11(19-20-22)9-21-6-2-1-3-7-21/h1-6,8,10,15H,7,9H2. The fourth-order valence-electron chi connectivity index (χ4n) is 2.15. The summed E-state index contributed by atoms with van der Waals surface area (Å²) in [5.41, 5.74) is 1.08. The van der Waals surface area contributed by atoms with E-state index in [1.165, 1.54) is 10.7 Å². The average molecular weight is 322 g/mol. The van der Waals surface area contributed by atoms with Gasteiger partial charge in [0.15, 0.2) is 11.6 Å². The van der Waals surface area contributed by atoms with E-state index in [-0.39, 0.29) is 0 Å². The Balaban J connectivity index is 1.77. The molecule has 1 aromatic carbocycles. The third-order valence-corrected chi connectivity index (χ3v) is 3.19. The molecule has 0 aliphatic carbocycles. The van der Waals surface area contributed by atoms with E-state index in [1.807, 2.05) is 29.3 Å². The van der Waals surface area contributed by atoms with Crippen molar-refractivity contribution in [3.8, 4) is 11.4 Å². The van der Waals surface area contributed by atoms with Crippen LogP contribution in [0, 0.1) is 5.82 Å². The second-order valence-electron chi connectivity index (χ2n) is 4.85. The Bertz CT molecular complexity index is 742. The van der Waals surface area contributed by atoms with Gasteiger partial charge in [-0.2, -0.15) is 8.78 Å². The van der Waals surface area contributed by atoms with Crippen LogP contribution in [-0.4, -0.2) is 33.1 Å². The number of allylic oxidation sites excluding steroid dienone is 2. The molecule has 0 saturated carbocycles. The SMILES string of the molecule is Fc1ccc(-n2cc(CN3C=CC=CC3)nn2)cc1OC(F)F. The number of hydrogen-bond acceptors (Lipinski definition) is 4. The van der Waals surface area contributed by atoms with Crippen molar-refractivity contribution in [2.45, 2.75) is 13.2 Å². The van der Waals surface area contributed by atoms with Gasteiger partial charge in [-0.3, -0.25) is 0 Å². The summed E-state index contributed by atoms with van der Waals surface area (Å²) in [5, 5.41) is 7.96. The second-order valence-corrected chi connectivity index (χ2v) is 4.85. The fraction of sp³-hybridized carbons (Fsp3) is 0.200. The van der Waals surface area contributed by atoms with Crippen LogP contribution in [0.2, 0.25) is 0 Å². The number of rotatable bonds is 5. The largest absolute Gasteiger partial charge is 0.432 e. The first-order chi connectivity index (χ1) is 11.1. The Labute approximate surface area is 130 Å². The molecule has 0 unspecified atom stereocenters. The number of aromatic nitrogens is 3. The van der Waals surface area contributed by atoms with Gasteiger partial charge in [-0.15, -0.1) is 5.10 Å². The van der Waals surface area contributed by atoms with Gasteiger partial charge >= 0.3 is 6.61 Å². The number of hydrogen-bond donors (Lipinski definition) is 0. The van der Waals surface area contributed by atoms with Crippen molar-refractivity contribution >= 4 is 0 Å². The van der Waals surface area contributed by atoms with Gasteiger partial charge in [-0.25, -0.2) is 9.07 Å². The second kappa shape index (κ2) is 6.55. The van der Waals surface area contributed by atoms with Crippen LogP contribution in [0.4, 0.5) is 13.2 Å². The van der Waals surface area contributed by atoms with Crippen molar-refractivity contribution < 1.29 is 17.9 Å². The molecule has 120 valence electrons. The molecule has 8 heteroatoms. The smallest absolute Gasteiger partial charge is 0.387 e. The molecule has 0 spiro atoms. The first-order valence-corrected chi connectivity index (χ1v) is 6.85. The van der Waals surface area contributed by atoms with E-state index >= 15 is 0 Å². The highest BCUT2D eigenvalue weighted by atomic mass is 19.3. The van der Waals surface area contributed by atoms with Crippen LogP contribution >= 0.6 is 0 Å². The van der Waals surface area contributed by atoms with E-state index in [1.54, 1.807) is 6.20 Å². The van der Waals surface area contributed by atoms with Gasteiger partial charge < -0.3 is 9.64 Å². The summed E-state index contributed by atoms with van der Waals surface area (Å²) in [6.07, 6.45) is 9.48. The topological polar surface area (TPSA) is 43.2 Å². The number of alkyl halides is 2. The number of ether oxygens (including phenoxy) is 1. The summed E-state index contributed by atoms with van der Waals surface area (Å²) >= 11 is 0. The molecule has 0 bridgehead atoms. The van der Waals surface area contributed by atoms with Crippen molar-refractivity contribution in [3.63, 3.8) is 0 Å². The van der Waals surface area contributed by atoms with Gasteiger partial charge in [0.2, 0.25) is 0 Å². The summed E-state index contributed by atoms with van der Waals surface area (Å²) in [6, 6.07) is 3.62. The molecule has 0 N–H and O–H groups in total. The zero-order valence-electron chi connectivity index (χ0n) is 11.9.